The second-order valence-electron chi connectivity index (χ2n) is 7.79. The molecule has 1 fully saturated rings. The summed E-state index contributed by atoms with van der Waals surface area (Å²) in [6, 6.07) is 19.3. The van der Waals surface area contributed by atoms with Crippen LogP contribution < -0.4 is 10.5 Å². The Morgan fingerprint density at radius 3 is 2.19 bits per heavy atom. The fourth-order valence-corrected chi connectivity index (χ4v) is 4.96. The van der Waals surface area contributed by atoms with E-state index in [4.69, 9.17) is 10.5 Å². The molecule has 2 atom stereocenters. The smallest absolute Gasteiger partial charge is 0.134 e. The predicted octanol–water partition coefficient (Wildman–Crippen LogP) is 6.31. The van der Waals surface area contributed by atoms with E-state index in [2.05, 4.69) is 67.8 Å². The molecule has 2 aromatic rings. The summed E-state index contributed by atoms with van der Waals surface area (Å²) >= 11 is 1.80. The van der Waals surface area contributed by atoms with Crippen molar-refractivity contribution in [2.24, 2.45) is 11.7 Å². The van der Waals surface area contributed by atoms with Crippen LogP contribution in [0.15, 0.2) is 54.6 Å². The second kappa shape index (κ2) is 9.66. The highest BCUT2D eigenvalue weighted by atomic mass is 32.2. The molecule has 0 heterocycles. The fourth-order valence-electron chi connectivity index (χ4n) is 4.34. The Balaban J connectivity index is 1.87. The lowest BCUT2D eigenvalue weighted by Crippen LogP contribution is -2.38. The first-order valence-corrected chi connectivity index (χ1v) is 11.5. The maximum atomic E-state index is 6.75. The molecule has 2 nitrogen and oxygen atoms in total. The van der Waals surface area contributed by atoms with E-state index in [0.717, 1.165) is 5.75 Å². The van der Waals surface area contributed by atoms with Gasteiger partial charge >= 0.3 is 0 Å². The highest BCUT2D eigenvalue weighted by molar-refractivity contribution is 7.98. The molecule has 27 heavy (non-hydrogen) atoms. The molecule has 2 unspecified atom stereocenters. The topological polar surface area (TPSA) is 35.2 Å². The van der Waals surface area contributed by atoms with E-state index in [1.165, 1.54) is 49.7 Å². The van der Waals surface area contributed by atoms with Crippen LogP contribution in [0.2, 0.25) is 0 Å². The van der Waals surface area contributed by atoms with Crippen LogP contribution in [0.25, 0.3) is 0 Å². The minimum absolute atomic E-state index is 0.292. The Bertz CT molecular complexity index is 675. The zero-order chi connectivity index (χ0) is 19.1. The predicted molar refractivity (Wildman–Crippen MR) is 117 cm³/mol. The molecule has 3 heteroatoms. The molecule has 0 spiro atoms. The number of rotatable bonds is 7. The van der Waals surface area contributed by atoms with Crippen LogP contribution in [-0.2, 0) is 5.60 Å². The zero-order valence-corrected chi connectivity index (χ0v) is 17.5. The molecule has 0 saturated heterocycles. The van der Waals surface area contributed by atoms with Gasteiger partial charge in [-0.2, -0.15) is 11.8 Å². The van der Waals surface area contributed by atoms with Crippen LogP contribution >= 0.6 is 11.8 Å². The van der Waals surface area contributed by atoms with Crippen molar-refractivity contribution in [3.05, 3.63) is 65.7 Å². The van der Waals surface area contributed by atoms with Crippen molar-refractivity contribution in [2.45, 2.75) is 56.3 Å². The molecule has 1 aliphatic carbocycles. The summed E-state index contributed by atoms with van der Waals surface area (Å²) in [6.45, 7) is 2.95. The SMILES string of the molecule is CSC(CN)c1ccc(OC(C)(c2ccccc2)C2CCCCCC2)cc1. The number of nitrogens with two attached hydrogens (primary N) is 1. The third-order valence-electron chi connectivity index (χ3n) is 6.06. The van der Waals surface area contributed by atoms with Crippen LogP contribution in [0.1, 0.15) is 61.8 Å². The van der Waals surface area contributed by atoms with Crippen molar-refractivity contribution < 1.29 is 4.74 Å². The summed E-state index contributed by atoms with van der Waals surface area (Å²) in [5.74, 6) is 1.50. The molecule has 0 amide bonds. The van der Waals surface area contributed by atoms with Gasteiger partial charge in [0.15, 0.2) is 0 Å². The second-order valence-corrected chi connectivity index (χ2v) is 8.83. The number of ether oxygens (including phenoxy) is 1. The van der Waals surface area contributed by atoms with Crippen molar-refractivity contribution in [3.63, 3.8) is 0 Å². The van der Waals surface area contributed by atoms with E-state index in [9.17, 15) is 0 Å². The Kier molecular flexibility index (Phi) is 7.26. The largest absolute Gasteiger partial charge is 0.483 e. The highest BCUT2D eigenvalue weighted by Gasteiger charge is 2.38. The van der Waals surface area contributed by atoms with E-state index in [0.29, 0.717) is 17.7 Å². The summed E-state index contributed by atoms with van der Waals surface area (Å²) in [6.07, 6.45) is 9.91. The van der Waals surface area contributed by atoms with Gasteiger partial charge in [-0.05, 0) is 49.3 Å². The lowest BCUT2D eigenvalue weighted by molar-refractivity contribution is 0.0137. The number of hydrogen-bond acceptors (Lipinski definition) is 3. The third kappa shape index (κ3) is 4.89. The monoisotopic (exact) mass is 383 g/mol. The Hall–Kier alpha value is -1.45. The van der Waals surface area contributed by atoms with Crippen LogP contribution in [0.4, 0.5) is 0 Å². The van der Waals surface area contributed by atoms with Gasteiger partial charge in [0.05, 0.1) is 0 Å². The minimum Gasteiger partial charge on any atom is -0.483 e. The zero-order valence-electron chi connectivity index (χ0n) is 16.7. The summed E-state index contributed by atoms with van der Waals surface area (Å²) in [5, 5.41) is 0.349. The van der Waals surface area contributed by atoms with Gasteiger partial charge in [0.1, 0.15) is 11.4 Å². The lowest BCUT2D eigenvalue weighted by Gasteiger charge is -2.38. The molecule has 0 aromatic heterocycles. The molecule has 3 rings (SSSR count). The van der Waals surface area contributed by atoms with Gasteiger partial charge in [-0.1, -0.05) is 68.1 Å². The summed E-state index contributed by atoms with van der Waals surface area (Å²) in [5.41, 5.74) is 8.15. The first-order chi connectivity index (χ1) is 13.2. The lowest BCUT2D eigenvalue weighted by atomic mass is 9.78. The molecular formula is C24H33NOS. The van der Waals surface area contributed by atoms with E-state index < -0.39 is 0 Å². The van der Waals surface area contributed by atoms with E-state index in [1.54, 1.807) is 11.8 Å². The van der Waals surface area contributed by atoms with Crippen LogP contribution in [-0.4, -0.2) is 12.8 Å². The Morgan fingerprint density at radius 2 is 1.63 bits per heavy atom. The fraction of sp³-hybridized carbons (Fsp3) is 0.500. The standard InChI is InChI=1S/C24H33NOS/c1-24(21-12-8-5-9-13-21,20-10-6-3-4-7-11-20)26-22-16-14-19(15-17-22)23(18-25)27-2/h5,8-9,12-17,20,23H,3-4,6-7,10-11,18,25H2,1-2H3. The van der Waals surface area contributed by atoms with Crippen molar-refractivity contribution in [1.82, 2.24) is 0 Å². The van der Waals surface area contributed by atoms with Crippen LogP contribution in [0.3, 0.4) is 0 Å². The minimum atomic E-state index is -0.292. The Labute approximate surface area is 168 Å². The molecule has 2 N–H and O–H groups in total. The first kappa shape index (κ1) is 20.3. The van der Waals surface area contributed by atoms with Crippen molar-refractivity contribution in [2.75, 3.05) is 12.8 Å². The maximum absolute atomic E-state index is 6.75. The summed E-state index contributed by atoms with van der Waals surface area (Å²) in [7, 11) is 0. The molecule has 146 valence electrons. The van der Waals surface area contributed by atoms with Gasteiger partial charge in [-0.15, -0.1) is 0 Å². The molecule has 1 saturated carbocycles. The molecule has 0 aliphatic heterocycles. The summed E-state index contributed by atoms with van der Waals surface area (Å²) < 4.78 is 6.75. The molecular weight excluding hydrogens is 350 g/mol. The van der Waals surface area contributed by atoms with Crippen LogP contribution in [0.5, 0.6) is 5.75 Å². The normalized spacial score (nSPS) is 19.1. The van der Waals surface area contributed by atoms with Gasteiger partial charge in [-0.25, -0.2) is 0 Å². The Morgan fingerprint density at radius 1 is 1.00 bits per heavy atom. The van der Waals surface area contributed by atoms with Gasteiger partial charge in [0, 0.05) is 17.7 Å². The van der Waals surface area contributed by atoms with Gasteiger partial charge in [0.2, 0.25) is 0 Å². The van der Waals surface area contributed by atoms with Gasteiger partial charge < -0.3 is 10.5 Å². The van der Waals surface area contributed by atoms with Crippen molar-refractivity contribution in [3.8, 4) is 5.75 Å². The van der Waals surface area contributed by atoms with Crippen molar-refractivity contribution >= 4 is 11.8 Å². The van der Waals surface area contributed by atoms with E-state index >= 15 is 0 Å². The quantitative estimate of drug-likeness (QED) is 0.569. The molecule has 0 radical (unpaired) electrons. The van der Waals surface area contributed by atoms with Crippen LogP contribution in [0, 0.1) is 5.92 Å². The first-order valence-electron chi connectivity index (χ1n) is 10.2. The number of benzene rings is 2. The molecule has 1 aliphatic rings. The number of thioether (sulfide) groups is 1. The van der Waals surface area contributed by atoms with Crippen molar-refractivity contribution in [1.29, 1.82) is 0 Å². The highest BCUT2D eigenvalue weighted by Crippen LogP contribution is 2.42. The van der Waals surface area contributed by atoms with Gasteiger partial charge in [0.25, 0.3) is 0 Å². The maximum Gasteiger partial charge on any atom is 0.134 e. The van der Waals surface area contributed by atoms with E-state index in [-0.39, 0.29) is 5.60 Å². The average molecular weight is 384 g/mol. The number of hydrogen-bond donors (Lipinski definition) is 1. The molecule has 2 aromatic carbocycles. The third-order valence-corrected chi connectivity index (χ3v) is 7.10. The van der Waals surface area contributed by atoms with Gasteiger partial charge in [-0.3, -0.25) is 0 Å². The average Bonchev–Trinajstić information content (AvgIpc) is 3.01. The van der Waals surface area contributed by atoms with E-state index in [1.807, 2.05) is 0 Å². The molecule has 0 bridgehead atoms. The summed E-state index contributed by atoms with van der Waals surface area (Å²) in [4.78, 5) is 0.